The molecule has 0 saturated heterocycles. The van der Waals surface area contributed by atoms with Gasteiger partial charge in [-0.15, -0.1) is 0 Å². The van der Waals surface area contributed by atoms with E-state index in [1.165, 1.54) is 18.9 Å². The number of hydrogen-bond acceptors (Lipinski definition) is 5. The Balaban J connectivity index is 2.13. The Hall–Kier alpha value is -2.93. The highest BCUT2D eigenvalue weighted by molar-refractivity contribution is 9.10. The number of nitrogens with zero attached hydrogens (tertiary/aromatic N) is 1. The maximum Gasteiger partial charge on any atom is 0.337 e. The third-order valence-electron chi connectivity index (χ3n) is 4.67. The van der Waals surface area contributed by atoms with Crippen molar-refractivity contribution in [1.82, 2.24) is 0 Å². The summed E-state index contributed by atoms with van der Waals surface area (Å²) in [6.07, 6.45) is 0. The number of Topliss-reactive ketones (excluding diaryl/α,β-unsaturated/α-hetero) is 1. The number of halogens is 1. The summed E-state index contributed by atoms with van der Waals surface area (Å²) in [6, 6.07) is 11.0. The zero-order valence-electron chi connectivity index (χ0n) is 15.5. The van der Waals surface area contributed by atoms with Gasteiger partial charge in [0.1, 0.15) is 0 Å². The highest BCUT2D eigenvalue weighted by Crippen LogP contribution is 2.41. The van der Waals surface area contributed by atoms with E-state index in [-0.39, 0.29) is 5.57 Å². The predicted octanol–water partition coefficient (Wildman–Crippen LogP) is 4.03. The van der Waals surface area contributed by atoms with Crippen molar-refractivity contribution in [3.8, 4) is 0 Å². The molecule has 3 rings (SSSR count). The summed E-state index contributed by atoms with van der Waals surface area (Å²) in [5.41, 5.74) is 2.47. The Bertz CT molecular complexity index is 1010. The normalized spacial score (nSPS) is 16.5. The highest BCUT2D eigenvalue weighted by atomic mass is 79.9. The number of aliphatic hydroxyl groups is 1. The van der Waals surface area contributed by atoms with Gasteiger partial charge in [0.25, 0.3) is 5.91 Å². The molecule has 2 aromatic rings. The molecule has 1 aliphatic rings. The van der Waals surface area contributed by atoms with Crippen LogP contribution in [-0.4, -0.2) is 29.9 Å². The summed E-state index contributed by atoms with van der Waals surface area (Å²) in [5.74, 6) is -2.10. The van der Waals surface area contributed by atoms with Crippen LogP contribution in [0.2, 0.25) is 0 Å². The van der Waals surface area contributed by atoms with Crippen molar-refractivity contribution in [3.63, 3.8) is 0 Å². The Morgan fingerprint density at radius 3 is 2.32 bits per heavy atom. The lowest BCUT2D eigenvalue weighted by atomic mass is 9.95. The van der Waals surface area contributed by atoms with Gasteiger partial charge in [-0.2, -0.15) is 0 Å². The minimum absolute atomic E-state index is 0.0208. The number of esters is 1. The fraction of sp³-hybridized carbons (Fsp3) is 0.190. The summed E-state index contributed by atoms with van der Waals surface area (Å²) in [7, 11) is 1.29. The molecule has 0 fully saturated rings. The van der Waals surface area contributed by atoms with Crippen LogP contribution in [0.25, 0.3) is 0 Å². The molecule has 0 unspecified atom stereocenters. The summed E-state index contributed by atoms with van der Waals surface area (Å²) < 4.78 is 5.50. The van der Waals surface area contributed by atoms with Crippen molar-refractivity contribution in [2.24, 2.45) is 0 Å². The summed E-state index contributed by atoms with van der Waals surface area (Å²) in [5, 5.41) is 10.4. The first-order valence-electron chi connectivity index (χ1n) is 8.48. The van der Waals surface area contributed by atoms with E-state index in [2.05, 4.69) is 15.9 Å². The fourth-order valence-corrected chi connectivity index (χ4v) is 3.56. The molecular weight excluding hydrogens is 426 g/mol. The maximum absolute atomic E-state index is 12.8. The number of aryl methyl sites for hydroxylation is 1. The van der Waals surface area contributed by atoms with Crippen molar-refractivity contribution in [3.05, 3.63) is 75.0 Å². The Morgan fingerprint density at radius 2 is 1.79 bits per heavy atom. The molecule has 0 bridgehead atoms. The average Bonchev–Trinajstić information content (AvgIpc) is 2.95. The van der Waals surface area contributed by atoms with Crippen LogP contribution in [-0.2, 0) is 14.3 Å². The number of benzene rings is 2. The lowest BCUT2D eigenvalue weighted by Crippen LogP contribution is -2.30. The topological polar surface area (TPSA) is 83.9 Å². The smallest absolute Gasteiger partial charge is 0.337 e. The van der Waals surface area contributed by atoms with Crippen LogP contribution in [0.1, 0.15) is 34.5 Å². The third kappa shape index (κ3) is 3.33. The van der Waals surface area contributed by atoms with Crippen LogP contribution in [0, 0.1) is 6.92 Å². The molecule has 2 aromatic carbocycles. The minimum atomic E-state index is -0.800. The lowest BCUT2D eigenvalue weighted by Gasteiger charge is -2.27. The zero-order chi connectivity index (χ0) is 20.6. The SMILES string of the molecule is COC(=O)c1ccc([C@@H]2C(C(C)=O)=C(O)C(=O)N2c2ccc(C)c(Br)c2)cc1. The summed E-state index contributed by atoms with van der Waals surface area (Å²) >= 11 is 3.45. The van der Waals surface area contributed by atoms with E-state index < -0.39 is 29.5 Å². The van der Waals surface area contributed by atoms with E-state index in [1.807, 2.05) is 13.0 Å². The maximum atomic E-state index is 12.8. The van der Waals surface area contributed by atoms with Gasteiger partial charge in [-0.25, -0.2) is 4.79 Å². The van der Waals surface area contributed by atoms with Crippen molar-refractivity contribution < 1.29 is 24.2 Å². The molecule has 6 nitrogen and oxygen atoms in total. The molecular formula is C21H18BrNO5. The molecule has 1 atom stereocenters. The van der Waals surface area contributed by atoms with Crippen molar-refractivity contribution in [2.75, 3.05) is 12.0 Å². The first-order chi connectivity index (χ1) is 13.3. The van der Waals surface area contributed by atoms with Crippen LogP contribution in [0.3, 0.4) is 0 Å². The first-order valence-corrected chi connectivity index (χ1v) is 9.27. The van der Waals surface area contributed by atoms with Crippen LogP contribution in [0.15, 0.2) is 58.3 Å². The largest absolute Gasteiger partial charge is 0.503 e. The number of aliphatic hydroxyl groups excluding tert-OH is 1. The van der Waals surface area contributed by atoms with E-state index >= 15 is 0 Å². The molecule has 0 radical (unpaired) electrons. The fourth-order valence-electron chi connectivity index (χ4n) is 3.20. The predicted molar refractivity (Wildman–Crippen MR) is 107 cm³/mol. The average molecular weight is 444 g/mol. The second-order valence-corrected chi connectivity index (χ2v) is 7.30. The molecule has 0 aromatic heterocycles. The molecule has 0 aliphatic carbocycles. The van der Waals surface area contributed by atoms with Gasteiger partial charge in [0.2, 0.25) is 0 Å². The van der Waals surface area contributed by atoms with E-state index in [9.17, 15) is 19.5 Å². The van der Waals surface area contributed by atoms with Crippen LogP contribution >= 0.6 is 15.9 Å². The second-order valence-electron chi connectivity index (χ2n) is 6.44. The molecule has 1 aliphatic heterocycles. The molecule has 1 N–H and O–H groups in total. The second kappa shape index (κ2) is 7.59. The first kappa shape index (κ1) is 19.8. The van der Waals surface area contributed by atoms with Gasteiger partial charge in [0.05, 0.1) is 24.3 Å². The standard InChI is InChI=1S/C21H18BrNO5/c1-11-4-9-15(10-16(11)22)23-18(17(12(2)24)19(25)20(23)26)13-5-7-14(8-6-13)21(27)28-3/h4-10,18,25H,1-3H3/t18-/m1/s1. The van der Waals surface area contributed by atoms with Gasteiger partial charge in [0.15, 0.2) is 11.5 Å². The zero-order valence-corrected chi connectivity index (χ0v) is 17.1. The van der Waals surface area contributed by atoms with E-state index in [0.29, 0.717) is 16.8 Å². The Morgan fingerprint density at radius 1 is 1.14 bits per heavy atom. The highest BCUT2D eigenvalue weighted by Gasteiger charge is 2.43. The number of ketones is 1. The van der Waals surface area contributed by atoms with E-state index in [1.54, 1.807) is 36.4 Å². The van der Waals surface area contributed by atoms with E-state index in [4.69, 9.17) is 4.74 Å². The van der Waals surface area contributed by atoms with Crippen molar-refractivity contribution in [2.45, 2.75) is 19.9 Å². The summed E-state index contributed by atoms with van der Waals surface area (Å²) in [4.78, 5) is 38.1. The van der Waals surface area contributed by atoms with Crippen LogP contribution < -0.4 is 4.90 Å². The number of ether oxygens (including phenoxy) is 1. The molecule has 144 valence electrons. The van der Waals surface area contributed by atoms with Gasteiger partial charge < -0.3 is 9.84 Å². The third-order valence-corrected chi connectivity index (χ3v) is 5.52. The number of carbonyl (C=O) groups is 3. The van der Waals surface area contributed by atoms with Crippen LogP contribution in [0.5, 0.6) is 0 Å². The van der Waals surface area contributed by atoms with Crippen molar-refractivity contribution >= 4 is 39.3 Å². The number of anilines is 1. The quantitative estimate of drug-likeness (QED) is 0.720. The van der Waals surface area contributed by atoms with E-state index in [0.717, 1.165) is 10.0 Å². The molecule has 28 heavy (non-hydrogen) atoms. The lowest BCUT2D eigenvalue weighted by molar-refractivity contribution is -0.117. The minimum Gasteiger partial charge on any atom is -0.503 e. The molecule has 0 saturated carbocycles. The van der Waals surface area contributed by atoms with Gasteiger partial charge in [-0.3, -0.25) is 14.5 Å². The number of methoxy groups -OCH3 is 1. The van der Waals surface area contributed by atoms with Gasteiger partial charge in [-0.05, 0) is 49.2 Å². The molecule has 1 amide bonds. The van der Waals surface area contributed by atoms with Crippen LogP contribution in [0.4, 0.5) is 5.69 Å². The number of carbonyl (C=O) groups excluding carboxylic acids is 3. The van der Waals surface area contributed by atoms with Gasteiger partial charge >= 0.3 is 5.97 Å². The molecule has 7 heteroatoms. The number of hydrogen-bond donors (Lipinski definition) is 1. The number of rotatable bonds is 4. The monoisotopic (exact) mass is 443 g/mol. The van der Waals surface area contributed by atoms with Gasteiger partial charge in [-0.1, -0.05) is 34.1 Å². The van der Waals surface area contributed by atoms with Gasteiger partial charge in [0, 0.05) is 10.2 Å². The Kier molecular flexibility index (Phi) is 5.38. The Labute approximate surface area is 170 Å². The number of amides is 1. The molecule has 0 spiro atoms. The van der Waals surface area contributed by atoms with Crippen molar-refractivity contribution in [1.29, 1.82) is 0 Å². The molecule has 1 heterocycles. The summed E-state index contributed by atoms with van der Waals surface area (Å²) in [6.45, 7) is 3.22.